The van der Waals surface area contributed by atoms with Crippen molar-refractivity contribution >= 4 is 74.1 Å². The predicted molar refractivity (Wildman–Crippen MR) is 131 cm³/mol. The molecule has 0 radical (unpaired) electrons. The maximum absolute atomic E-state index is 14.3. The summed E-state index contributed by atoms with van der Waals surface area (Å²) in [6.07, 6.45) is -7.87. The van der Waals surface area contributed by atoms with Gasteiger partial charge in [0.1, 0.15) is 5.75 Å². The Morgan fingerprint density at radius 2 is 1.10 bits per heavy atom. The normalized spacial score (nSPS) is 14.4. The Hall–Kier alpha value is -1.12. The molecule has 7 nitrogen and oxygen atoms in total. The first-order valence-electron chi connectivity index (χ1n) is 10.9. The quantitative estimate of drug-likeness (QED) is 0.0609. The molecule has 0 saturated carbocycles. The number of benzene rings is 2. The van der Waals surface area contributed by atoms with Crippen molar-refractivity contribution in [3.05, 3.63) is 55.5 Å². The number of nitrogens with zero attached hydrogens (tertiary/aromatic N) is 1. The first-order chi connectivity index (χ1) is 21.2. The Morgan fingerprint density at radius 1 is 0.694 bits per heavy atom. The average molecular weight is 865 g/mol. The number of carboxylic acids is 1. The first kappa shape index (κ1) is 45.9. The van der Waals surface area contributed by atoms with Crippen LogP contribution in [-0.4, -0.2) is 66.4 Å². The number of carboxylic acid groups (broad SMARTS) is 1. The topological polar surface area (TPSA) is 116 Å². The van der Waals surface area contributed by atoms with Gasteiger partial charge in [0, 0.05) is 11.6 Å². The predicted octanol–water partition coefficient (Wildman–Crippen LogP) is 5.48. The molecule has 0 aliphatic rings. The minimum Gasteiger partial charge on any atom is -0.858 e. The molecule has 2 aromatic carbocycles. The molecule has 1 N–H and O–H groups in total. The van der Waals surface area contributed by atoms with Crippen molar-refractivity contribution in [2.75, 3.05) is 0 Å². The summed E-state index contributed by atoms with van der Waals surface area (Å²) in [5.41, 5.74) is -3.27. The number of alkyl halides is 15. The van der Waals surface area contributed by atoms with Crippen LogP contribution >= 0.6 is 46.4 Å². The van der Waals surface area contributed by atoms with Crippen LogP contribution in [0.4, 0.5) is 71.5 Å². The molecule has 0 heterocycles. The molecule has 0 saturated heterocycles. The molecule has 2 aromatic rings. The van der Waals surface area contributed by atoms with Gasteiger partial charge in [0.15, 0.2) is 0 Å². The largest absolute Gasteiger partial charge is 1.00 e. The zero-order valence-electron chi connectivity index (χ0n) is 22.3. The van der Waals surface area contributed by atoms with Gasteiger partial charge >= 0.3 is 109 Å². The summed E-state index contributed by atoms with van der Waals surface area (Å²) in [5, 5.41) is 11.0. The van der Waals surface area contributed by atoms with Gasteiger partial charge in [0.25, 0.3) is 0 Å². The van der Waals surface area contributed by atoms with Crippen LogP contribution in [0.15, 0.2) is 29.3 Å². The van der Waals surface area contributed by atoms with E-state index in [1.165, 1.54) is 0 Å². The Bertz CT molecular complexity index is 1780. The molecule has 0 amide bonds. The standard InChI is InChI=1S/C21H6Cl4F15NO6S.K/c22-9-7(8(14(43)44)10(23)12(25)11(9)24)13(42)41-5-2-1-3-6(4-5)47-48(45,46)21(39,40)19(34,35)17(30,31)15(26,27)16(28,29)18(32,33)20(36,37)38;/h1-4H,(H,41,42)(H,43,44);/q;+1/p-1. The summed E-state index contributed by atoms with van der Waals surface area (Å²) < 4.78 is 229. The first-order valence-corrected chi connectivity index (χ1v) is 13.8. The van der Waals surface area contributed by atoms with E-state index in [2.05, 4.69) is 9.18 Å². The van der Waals surface area contributed by atoms with Gasteiger partial charge in [-0.05, 0) is 18.0 Å². The molecular formula is C21H5Cl4F15KNO6S. The van der Waals surface area contributed by atoms with E-state index < -0.39 is 106 Å². The number of carbonyl (C=O) groups is 1. The van der Waals surface area contributed by atoms with Gasteiger partial charge < -0.3 is 14.4 Å². The van der Waals surface area contributed by atoms with Crippen molar-refractivity contribution in [3.63, 3.8) is 0 Å². The smallest absolute Gasteiger partial charge is 0.858 e. The maximum atomic E-state index is 14.3. The van der Waals surface area contributed by atoms with Crippen LogP contribution in [0.3, 0.4) is 0 Å². The van der Waals surface area contributed by atoms with Gasteiger partial charge in [-0.15, -0.1) is 0 Å². The minimum absolute atomic E-state index is 0. The van der Waals surface area contributed by atoms with Crippen LogP contribution in [0.1, 0.15) is 15.9 Å². The van der Waals surface area contributed by atoms with Gasteiger partial charge in [-0.3, -0.25) is 4.99 Å². The second-order valence-corrected chi connectivity index (χ2v) is 11.7. The molecule has 49 heavy (non-hydrogen) atoms. The van der Waals surface area contributed by atoms with Gasteiger partial charge in [0.05, 0.1) is 31.3 Å². The van der Waals surface area contributed by atoms with E-state index in [1.807, 2.05) is 0 Å². The fourth-order valence-electron chi connectivity index (χ4n) is 3.10. The fourth-order valence-corrected chi connectivity index (χ4v) is 5.02. The van der Waals surface area contributed by atoms with Crippen LogP contribution in [-0.2, 0) is 10.1 Å². The van der Waals surface area contributed by atoms with Crippen LogP contribution in [0.2, 0.25) is 20.1 Å². The number of hydrogen-bond acceptors (Lipinski definition) is 6. The van der Waals surface area contributed by atoms with Crippen LogP contribution in [0.5, 0.6) is 5.75 Å². The summed E-state index contributed by atoms with van der Waals surface area (Å²) in [7, 11) is -7.89. The molecule has 2 rings (SSSR count). The number of aromatic carboxylic acids is 1. The summed E-state index contributed by atoms with van der Waals surface area (Å²) in [6, 6.07) is 1.26. The average Bonchev–Trinajstić information content (AvgIpc) is 2.91. The third-order valence-electron chi connectivity index (χ3n) is 5.56. The number of hydrogen-bond donors (Lipinski definition) is 1. The summed E-state index contributed by atoms with van der Waals surface area (Å²) >= 11 is 22.9. The maximum Gasteiger partial charge on any atom is 1.00 e. The van der Waals surface area contributed by atoms with E-state index in [0.717, 1.165) is 0 Å². The van der Waals surface area contributed by atoms with Crippen molar-refractivity contribution in [2.24, 2.45) is 4.99 Å². The molecule has 0 unspecified atom stereocenters. The molecule has 0 aliphatic heterocycles. The van der Waals surface area contributed by atoms with E-state index in [4.69, 9.17) is 46.4 Å². The van der Waals surface area contributed by atoms with Crippen LogP contribution < -0.4 is 60.7 Å². The molecule has 0 bridgehead atoms. The Kier molecular flexibility index (Phi) is 13.5. The van der Waals surface area contributed by atoms with Crippen molar-refractivity contribution in [1.82, 2.24) is 0 Å². The van der Waals surface area contributed by atoms with Crippen molar-refractivity contribution in [3.8, 4) is 5.75 Å². The van der Waals surface area contributed by atoms with Crippen LogP contribution in [0, 0.1) is 0 Å². The fraction of sp³-hybridized carbons (Fsp3) is 0.333. The Balaban J connectivity index is 0.0000120. The van der Waals surface area contributed by atoms with Gasteiger partial charge in [-0.25, -0.2) is 4.79 Å². The third-order valence-corrected chi connectivity index (χ3v) is 8.66. The van der Waals surface area contributed by atoms with E-state index in [1.54, 1.807) is 0 Å². The molecule has 0 atom stereocenters. The van der Waals surface area contributed by atoms with Gasteiger partial charge in [0.2, 0.25) is 0 Å². The number of rotatable bonds is 11. The second-order valence-electron chi connectivity index (χ2n) is 8.65. The SMILES string of the molecule is O=C(O)c1c(Cl)c(Cl)c(Cl)c(Cl)c1C([O-])=Nc1cccc(OS(=O)(=O)C(F)(F)C(F)(F)C(F)(F)C(F)(F)C(F)(F)C(F)(F)C(F)(F)F)c1.[K+]. The number of halogens is 19. The van der Waals surface area contributed by atoms with Crippen molar-refractivity contribution in [1.29, 1.82) is 0 Å². The zero-order chi connectivity index (χ0) is 38.0. The molecular weight excluding hydrogens is 860 g/mol. The zero-order valence-corrected chi connectivity index (χ0v) is 29.3. The minimum atomic E-state index is -8.76. The second kappa shape index (κ2) is 14.4. The van der Waals surface area contributed by atoms with E-state index in [-0.39, 0.29) is 63.5 Å². The molecule has 0 aromatic heterocycles. The summed E-state index contributed by atoms with van der Waals surface area (Å²) in [6.45, 7) is 0. The molecule has 0 spiro atoms. The van der Waals surface area contributed by atoms with E-state index in [0.29, 0.717) is 12.1 Å². The third kappa shape index (κ3) is 7.41. The Labute approximate surface area is 323 Å². The molecule has 270 valence electrons. The monoisotopic (exact) mass is 863 g/mol. The summed E-state index contributed by atoms with van der Waals surface area (Å²) in [4.78, 5) is 14.8. The van der Waals surface area contributed by atoms with Gasteiger partial charge in [-0.2, -0.15) is 74.3 Å². The number of aliphatic imine (C=N–C) groups is 1. The van der Waals surface area contributed by atoms with E-state index in [9.17, 15) is 89.3 Å². The Morgan fingerprint density at radius 3 is 1.53 bits per heavy atom. The van der Waals surface area contributed by atoms with Crippen LogP contribution in [0.25, 0.3) is 0 Å². The summed E-state index contributed by atoms with van der Waals surface area (Å²) in [5.74, 6) is -48.3. The van der Waals surface area contributed by atoms with Crippen molar-refractivity contribution < 1.29 is 145 Å². The molecule has 28 heteroatoms. The molecule has 0 fully saturated rings. The van der Waals surface area contributed by atoms with Gasteiger partial charge in [-0.1, -0.05) is 52.5 Å². The molecule has 0 aliphatic carbocycles. The van der Waals surface area contributed by atoms with Crippen molar-refractivity contribution in [2.45, 2.75) is 41.0 Å². The van der Waals surface area contributed by atoms with E-state index >= 15 is 0 Å².